The zero-order valence-corrected chi connectivity index (χ0v) is 14.5. The minimum Gasteiger partial charge on any atom is -0.366 e. The molecule has 0 saturated carbocycles. The van der Waals surface area contributed by atoms with Gasteiger partial charge in [0.15, 0.2) is 0 Å². The number of pyridine rings is 2. The summed E-state index contributed by atoms with van der Waals surface area (Å²) < 4.78 is 27.5. The third kappa shape index (κ3) is 4.33. The molecule has 0 atom stereocenters. The lowest BCUT2D eigenvalue weighted by Gasteiger charge is -2.11. The summed E-state index contributed by atoms with van der Waals surface area (Å²) >= 11 is 0. The van der Waals surface area contributed by atoms with Crippen molar-refractivity contribution in [3.05, 3.63) is 78.2 Å². The number of sulfonamides is 1. The molecule has 0 fully saturated rings. The minimum atomic E-state index is -3.63. The predicted molar refractivity (Wildman–Crippen MR) is 97.8 cm³/mol. The molecular formula is C18H18N4O2S. The first-order chi connectivity index (χ1) is 12.0. The van der Waals surface area contributed by atoms with Gasteiger partial charge in [-0.3, -0.25) is 9.71 Å². The number of hydrogen-bond donors (Lipinski definition) is 2. The fraction of sp³-hybridized carbons (Fsp3) is 0.111. The Hall–Kier alpha value is -2.93. The highest BCUT2D eigenvalue weighted by atomic mass is 32.2. The van der Waals surface area contributed by atoms with E-state index in [0.717, 1.165) is 5.56 Å². The maximum atomic E-state index is 12.5. The molecule has 1 aromatic carbocycles. The van der Waals surface area contributed by atoms with Gasteiger partial charge in [-0.2, -0.15) is 0 Å². The molecule has 3 aromatic rings. The van der Waals surface area contributed by atoms with Crippen LogP contribution in [0.3, 0.4) is 0 Å². The molecule has 0 amide bonds. The second-order valence-electron chi connectivity index (χ2n) is 5.51. The fourth-order valence-corrected chi connectivity index (χ4v) is 3.61. The summed E-state index contributed by atoms with van der Waals surface area (Å²) in [6, 6.07) is 14.1. The van der Waals surface area contributed by atoms with E-state index in [-0.39, 0.29) is 4.90 Å². The van der Waals surface area contributed by atoms with Crippen LogP contribution in [0.5, 0.6) is 0 Å². The van der Waals surface area contributed by atoms with Gasteiger partial charge in [-0.05, 0) is 48.4 Å². The highest BCUT2D eigenvalue weighted by Gasteiger charge is 2.16. The van der Waals surface area contributed by atoms with Gasteiger partial charge in [0.1, 0.15) is 5.82 Å². The van der Waals surface area contributed by atoms with Crippen LogP contribution in [0.25, 0.3) is 0 Å². The van der Waals surface area contributed by atoms with Crippen LogP contribution in [-0.2, 0) is 16.6 Å². The van der Waals surface area contributed by atoms with Crippen molar-refractivity contribution >= 4 is 21.5 Å². The Kier molecular flexibility index (Phi) is 4.95. The summed E-state index contributed by atoms with van der Waals surface area (Å²) in [4.78, 5) is 8.47. The van der Waals surface area contributed by atoms with E-state index in [2.05, 4.69) is 20.0 Å². The summed E-state index contributed by atoms with van der Waals surface area (Å²) in [6.07, 6.45) is 4.95. The highest BCUT2D eigenvalue weighted by molar-refractivity contribution is 7.92. The molecule has 0 aliphatic heterocycles. The minimum absolute atomic E-state index is 0.259. The molecule has 25 heavy (non-hydrogen) atoms. The summed E-state index contributed by atoms with van der Waals surface area (Å²) in [5, 5.41) is 3.18. The van der Waals surface area contributed by atoms with Gasteiger partial charge in [0.25, 0.3) is 10.0 Å². The predicted octanol–water partition coefficient (Wildman–Crippen LogP) is 3.20. The van der Waals surface area contributed by atoms with Crippen molar-refractivity contribution in [1.82, 2.24) is 9.97 Å². The van der Waals surface area contributed by atoms with Crippen molar-refractivity contribution in [2.24, 2.45) is 0 Å². The summed E-state index contributed by atoms with van der Waals surface area (Å²) in [6.45, 7) is 2.38. The average molecular weight is 354 g/mol. The Balaban J connectivity index is 1.67. The Labute approximate surface area is 147 Å². The van der Waals surface area contributed by atoms with Crippen molar-refractivity contribution in [2.75, 3.05) is 10.0 Å². The van der Waals surface area contributed by atoms with Crippen molar-refractivity contribution in [3.8, 4) is 0 Å². The Morgan fingerprint density at radius 2 is 1.76 bits per heavy atom. The maximum Gasteiger partial charge on any atom is 0.262 e. The molecule has 0 radical (unpaired) electrons. The van der Waals surface area contributed by atoms with Gasteiger partial charge in [0.05, 0.1) is 16.8 Å². The molecule has 0 aliphatic rings. The van der Waals surface area contributed by atoms with Crippen LogP contribution in [0.4, 0.5) is 11.5 Å². The maximum absolute atomic E-state index is 12.5. The van der Waals surface area contributed by atoms with Crippen LogP contribution in [0, 0.1) is 6.92 Å². The van der Waals surface area contributed by atoms with Gasteiger partial charge in [0, 0.05) is 18.9 Å². The molecule has 0 spiro atoms. The summed E-state index contributed by atoms with van der Waals surface area (Å²) in [5.41, 5.74) is 2.19. The van der Waals surface area contributed by atoms with E-state index in [4.69, 9.17) is 0 Å². The first kappa shape index (κ1) is 16.9. The largest absolute Gasteiger partial charge is 0.366 e. The number of benzene rings is 1. The van der Waals surface area contributed by atoms with Gasteiger partial charge >= 0.3 is 0 Å². The zero-order chi connectivity index (χ0) is 17.7. The van der Waals surface area contributed by atoms with E-state index >= 15 is 0 Å². The van der Waals surface area contributed by atoms with Crippen LogP contribution in [0.15, 0.2) is 72.0 Å². The number of anilines is 2. The molecule has 6 nitrogen and oxygen atoms in total. The molecule has 2 heterocycles. The molecule has 0 bridgehead atoms. The molecule has 0 aliphatic carbocycles. The van der Waals surface area contributed by atoms with E-state index in [0.29, 0.717) is 23.6 Å². The molecular weight excluding hydrogens is 336 g/mol. The first-order valence-corrected chi connectivity index (χ1v) is 9.20. The van der Waals surface area contributed by atoms with Gasteiger partial charge in [-0.25, -0.2) is 13.4 Å². The number of aryl methyl sites for hydroxylation is 1. The third-order valence-electron chi connectivity index (χ3n) is 3.62. The average Bonchev–Trinajstić information content (AvgIpc) is 2.62. The molecule has 128 valence electrons. The molecule has 0 saturated heterocycles. The van der Waals surface area contributed by atoms with Gasteiger partial charge in [-0.15, -0.1) is 0 Å². The van der Waals surface area contributed by atoms with Gasteiger partial charge in [-0.1, -0.05) is 18.2 Å². The lowest BCUT2D eigenvalue weighted by Crippen LogP contribution is -2.14. The summed E-state index contributed by atoms with van der Waals surface area (Å²) in [7, 11) is -3.63. The van der Waals surface area contributed by atoms with Crippen LogP contribution in [-0.4, -0.2) is 18.4 Å². The van der Waals surface area contributed by atoms with Gasteiger partial charge in [0.2, 0.25) is 0 Å². The van der Waals surface area contributed by atoms with Crippen LogP contribution in [0.2, 0.25) is 0 Å². The molecule has 2 N–H and O–H groups in total. The van der Waals surface area contributed by atoms with E-state index in [1.165, 1.54) is 6.20 Å². The normalized spacial score (nSPS) is 11.1. The third-order valence-corrected chi connectivity index (χ3v) is 5.16. The number of nitrogens with one attached hydrogen (secondary N) is 2. The quantitative estimate of drug-likeness (QED) is 0.710. The van der Waals surface area contributed by atoms with E-state index in [9.17, 15) is 8.42 Å². The summed E-state index contributed by atoms with van der Waals surface area (Å²) in [5.74, 6) is 0.663. The van der Waals surface area contributed by atoms with Crippen LogP contribution >= 0.6 is 0 Å². The fourth-order valence-electron chi connectivity index (χ4n) is 2.32. The van der Waals surface area contributed by atoms with Gasteiger partial charge < -0.3 is 5.32 Å². The Morgan fingerprint density at radius 3 is 2.44 bits per heavy atom. The van der Waals surface area contributed by atoms with E-state index < -0.39 is 10.0 Å². The molecule has 0 unspecified atom stereocenters. The molecule has 7 heteroatoms. The highest BCUT2D eigenvalue weighted by Crippen LogP contribution is 2.19. The van der Waals surface area contributed by atoms with Crippen molar-refractivity contribution < 1.29 is 8.42 Å². The van der Waals surface area contributed by atoms with Crippen molar-refractivity contribution in [2.45, 2.75) is 18.4 Å². The Morgan fingerprint density at radius 1 is 1.00 bits per heavy atom. The SMILES string of the molecule is Cc1ccccc1S(=O)(=O)Nc1ccc(NCc2ccncc2)nc1. The van der Waals surface area contributed by atoms with E-state index in [1.807, 2.05) is 12.1 Å². The zero-order valence-electron chi connectivity index (χ0n) is 13.7. The number of aromatic nitrogens is 2. The van der Waals surface area contributed by atoms with Crippen LogP contribution < -0.4 is 10.0 Å². The Bertz CT molecular complexity index is 942. The van der Waals surface area contributed by atoms with E-state index in [1.54, 1.807) is 55.7 Å². The van der Waals surface area contributed by atoms with Crippen molar-refractivity contribution in [1.29, 1.82) is 0 Å². The smallest absolute Gasteiger partial charge is 0.262 e. The molecule has 2 aromatic heterocycles. The monoisotopic (exact) mass is 354 g/mol. The van der Waals surface area contributed by atoms with Crippen molar-refractivity contribution in [3.63, 3.8) is 0 Å². The second-order valence-corrected chi connectivity index (χ2v) is 7.16. The first-order valence-electron chi connectivity index (χ1n) is 7.72. The van der Waals surface area contributed by atoms with Crippen LogP contribution in [0.1, 0.15) is 11.1 Å². The standard InChI is InChI=1S/C18H18N4O2S/c1-14-4-2-3-5-17(14)25(23,24)22-16-6-7-18(21-13-16)20-12-15-8-10-19-11-9-15/h2-11,13,22H,12H2,1H3,(H,20,21). The second kappa shape index (κ2) is 7.31. The lowest BCUT2D eigenvalue weighted by atomic mass is 10.2. The topological polar surface area (TPSA) is 84.0 Å². The number of nitrogens with zero attached hydrogens (tertiary/aromatic N) is 2. The number of hydrogen-bond acceptors (Lipinski definition) is 5. The number of rotatable bonds is 6. The molecule has 3 rings (SSSR count). The lowest BCUT2D eigenvalue weighted by molar-refractivity contribution is 0.600.